The average Bonchev–Trinajstić information content (AvgIpc) is 3.04. The van der Waals surface area contributed by atoms with Crippen LogP contribution in [0.5, 0.6) is 11.5 Å². The fraction of sp³-hybridized carbons (Fsp3) is 0.600. The van der Waals surface area contributed by atoms with Crippen LogP contribution in [0.15, 0.2) is 18.2 Å². The lowest BCUT2D eigenvalue weighted by Gasteiger charge is -2.52. The van der Waals surface area contributed by atoms with Gasteiger partial charge in [0.05, 0.1) is 28.9 Å². The minimum absolute atomic E-state index is 0.0169. The number of aliphatic hydroxyl groups is 5. The third-order valence-electron chi connectivity index (χ3n) is 11.3. The number of ketones is 2. The fourth-order valence-electron chi connectivity index (χ4n) is 8.59. The Morgan fingerprint density at radius 3 is 2.26 bits per heavy atom. The summed E-state index contributed by atoms with van der Waals surface area (Å²) in [5.41, 5.74) is -4.93. The Kier molecular flexibility index (Phi) is 8.29. The number of benzene rings is 2. The standard InChI is InChI=1S/C35H43NO14/c1-12-27(41)34(3,44)30(46-7)32(47-12)49-26-17-13(11-33(2,43)29(26)45-6)10-15-18(22(17)38)23(39)19-14(21(15)37)8-9-16-25(19)48-31-24(40)20(36-5)28(42)35(16,4)50-31/h8-10,12,20,24,26-32,36,38,40-44H,11H2,1-7H3/t12-,20-,24+,26-,27+,28-,29-,30-,31+,32-,33+,34-,35+/m1/s1. The van der Waals surface area contributed by atoms with Gasteiger partial charge in [-0.15, -0.1) is 0 Å². The normalized spacial score (nSPS) is 41.8. The Balaban J connectivity index is 1.37. The highest BCUT2D eigenvalue weighted by Crippen LogP contribution is 2.53. The van der Waals surface area contributed by atoms with Crippen molar-refractivity contribution in [1.82, 2.24) is 5.32 Å². The lowest BCUT2D eigenvalue weighted by Crippen LogP contribution is -2.68. The Bertz CT molecular complexity index is 1760. The molecule has 2 aromatic carbocycles. The van der Waals surface area contributed by atoms with E-state index in [0.717, 1.165) is 0 Å². The first-order chi connectivity index (χ1) is 23.4. The number of aliphatic hydroxyl groups excluding tert-OH is 3. The van der Waals surface area contributed by atoms with Crippen LogP contribution in [0.25, 0.3) is 0 Å². The van der Waals surface area contributed by atoms with Crippen molar-refractivity contribution >= 4 is 11.6 Å². The Morgan fingerprint density at radius 2 is 1.62 bits per heavy atom. The number of phenolic OH excluding ortho intramolecular Hbond substituents is 1. The molecular formula is C35H43NO14. The minimum atomic E-state index is -1.84. The van der Waals surface area contributed by atoms with Gasteiger partial charge < -0.3 is 64.4 Å². The van der Waals surface area contributed by atoms with Crippen LogP contribution in [-0.4, -0.2) is 130 Å². The number of carbonyl (C=O) groups excluding carboxylic acids is 2. The number of hydrogen-bond acceptors (Lipinski definition) is 15. The number of nitrogens with one attached hydrogen (secondary N) is 1. The number of carbonyl (C=O) groups is 2. The summed E-state index contributed by atoms with van der Waals surface area (Å²) >= 11 is 0. The zero-order valence-electron chi connectivity index (χ0n) is 28.7. The first-order valence-corrected chi connectivity index (χ1v) is 16.5. The van der Waals surface area contributed by atoms with E-state index >= 15 is 0 Å². The Hall–Kier alpha value is -3.06. The molecule has 50 heavy (non-hydrogen) atoms. The van der Waals surface area contributed by atoms with Crippen molar-refractivity contribution in [2.75, 3.05) is 21.3 Å². The third kappa shape index (κ3) is 4.70. The van der Waals surface area contributed by atoms with Crippen molar-refractivity contribution < 1.29 is 68.6 Å². The van der Waals surface area contributed by atoms with Crippen LogP contribution in [0.1, 0.15) is 82.3 Å². The van der Waals surface area contributed by atoms with Crippen molar-refractivity contribution in [2.45, 2.75) is 112 Å². The van der Waals surface area contributed by atoms with E-state index in [0.29, 0.717) is 5.56 Å². The largest absolute Gasteiger partial charge is 0.507 e. The maximum atomic E-state index is 14.6. The second kappa shape index (κ2) is 11.7. The third-order valence-corrected chi connectivity index (χ3v) is 11.3. The molecule has 0 aromatic heterocycles. The van der Waals surface area contributed by atoms with Crippen LogP contribution >= 0.6 is 0 Å². The highest BCUT2D eigenvalue weighted by molar-refractivity contribution is 6.30. The molecule has 3 aliphatic heterocycles. The molecule has 13 atom stereocenters. The molecule has 5 aliphatic rings. The van der Waals surface area contributed by atoms with Crippen LogP contribution in [0.2, 0.25) is 0 Å². The minimum Gasteiger partial charge on any atom is -0.507 e. The highest BCUT2D eigenvalue weighted by Gasteiger charge is 2.59. The lowest BCUT2D eigenvalue weighted by molar-refractivity contribution is -0.345. The maximum absolute atomic E-state index is 14.6. The molecule has 15 heteroatoms. The van der Waals surface area contributed by atoms with Crippen LogP contribution < -0.4 is 10.1 Å². The van der Waals surface area contributed by atoms with E-state index in [1.807, 2.05) is 0 Å². The summed E-state index contributed by atoms with van der Waals surface area (Å²) in [5.74, 6) is -2.03. The van der Waals surface area contributed by atoms with E-state index < -0.39 is 95.5 Å². The SMILES string of the molecule is CN[C@@H]1[C@H](O)[C@H]2Oc3c(ccc4c3C(=O)c3c(cc5c(c3O)[C@@H](O[C@H]3O[C@H](C)[C@H](O)[C@@](C)(O)[C@@H]3OC)[C@@H](OC)[C@@](C)(O)C5)C4=O)[C@](C)(O2)[C@@H]1O. The second-order valence-electron chi connectivity index (χ2n) is 14.5. The number of likely N-dealkylation sites (N-methyl/N-ethyl adjacent to an activating group) is 1. The van der Waals surface area contributed by atoms with Crippen molar-refractivity contribution in [3.8, 4) is 11.5 Å². The summed E-state index contributed by atoms with van der Waals surface area (Å²) in [6.07, 6.45) is -11.4. The number of hydrogen-bond donors (Lipinski definition) is 7. The van der Waals surface area contributed by atoms with Crippen molar-refractivity contribution in [1.29, 1.82) is 0 Å². The fourth-order valence-corrected chi connectivity index (χ4v) is 8.59. The number of aromatic hydroxyl groups is 1. The van der Waals surface area contributed by atoms with Gasteiger partial charge in [-0.2, -0.15) is 0 Å². The van der Waals surface area contributed by atoms with Gasteiger partial charge in [0.1, 0.15) is 59.3 Å². The molecular weight excluding hydrogens is 658 g/mol. The maximum Gasteiger partial charge on any atom is 0.228 e. The van der Waals surface area contributed by atoms with Gasteiger partial charge in [0.25, 0.3) is 0 Å². The molecule has 0 amide bonds. The number of methoxy groups -OCH3 is 2. The van der Waals surface area contributed by atoms with Gasteiger partial charge in [-0.1, -0.05) is 6.07 Å². The van der Waals surface area contributed by atoms with Crippen LogP contribution in [-0.2, 0) is 35.7 Å². The molecule has 2 aromatic rings. The molecule has 2 fully saturated rings. The zero-order chi connectivity index (χ0) is 36.4. The molecule has 3 heterocycles. The molecule has 2 saturated heterocycles. The predicted molar refractivity (Wildman–Crippen MR) is 170 cm³/mol. The average molecular weight is 702 g/mol. The first-order valence-electron chi connectivity index (χ1n) is 16.5. The van der Waals surface area contributed by atoms with Crippen LogP contribution in [0, 0.1) is 0 Å². The van der Waals surface area contributed by atoms with Crippen molar-refractivity contribution in [2.24, 2.45) is 0 Å². The molecule has 0 spiro atoms. The molecule has 2 bridgehead atoms. The topological polar surface area (TPSA) is 223 Å². The zero-order valence-corrected chi connectivity index (χ0v) is 28.7. The first kappa shape index (κ1) is 35.3. The van der Waals surface area contributed by atoms with Crippen LogP contribution in [0.4, 0.5) is 0 Å². The molecule has 272 valence electrons. The lowest BCUT2D eigenvalue weighted by atomic mass is 9.71. The molecule has 2 aliphatic carbocycles. The summed E-state index contributed by atoms with van der Waals surface area (Å²) in [6.45, 7) is 6.01. The summed E-state index contributed by atoms with van der Waals surface area (Å²) < 4.78 is 35.6. The number of rotatable bonds is 5. The number of ether oxygens (including phenoxy) is 6. The monoisotopic (exact) mass is 701 g/mol. The van der Waals surface area contributed by atoms with E-state index in [-0.39, 0.29) is 45.6 Å². The van der Waals surface area contributed by atoms with E-state index in [1.165, 1.54) is 53.2 Å². The van der Waals surface area contributed by atoms with Crippen molar-refractivity contribution in [3.63, 3.8) is 0 Å². The van der Waals surface area contributed by atoms with Crippen LogP contribution in [0.3, 0.4) is 0 Å². The summed E-state index contributed by atoms with van der Waals surface area (Å²) in [4.78, 5) is 28.7. The predicted octanol–water partition coefficient (Wildman–Crippen LogP) is -0.307. The van der Waals surface area contributed by atoms with Gasteiger partial charge >= 0.3 is 0 Å². The quantitative estimate of drug-likeness (QED) is 0.181. The van der Waals surface area contributed by atoms with E-state index in [2.05, 4.69) is 5.32 Å². The Morgan fingerprint density at radius 1 is 0.940 bits per heavy atom. The molecule has 15 nitrogen and oxygen atoms in total. The van der Waals surface area contributed by atoms with Crippen molar-refractivity contribution in [3.05, 3.63) is 57.1 Å². The second-order valence-corrected chi connectivity index (χ2v) is 14.5. The highest BCUT2D eigenvalue weighted by atomic mass is 16.7. The summed E-state index contributed by atoms with van der Waals surface area (Å²) in [5, 5.41) is 70.6. The van der Waals surface area contributed by atoms with Gasteiger partial charge in [0.2, 0.25) is 12.1 Å². The van der Waals surface area contributed by atoms with Gasteiger partial charge in [0, 0.05) is 42.9 Å². The van der Waals surface area contributed by atoms with E-state index in [1.54, 1.807) is 14.0 Å². The van der Waals surface area contributed by atoms with E-state index in [9.17, 15) is 40.2 Å². The van der Waals surface area contributed by atoms with Gasteiger partial charge in [-0.05, 0) is 52.4 Å². The summed E-state index contributed by atoms with van der Waals surface area (Å²) in [6, 6.07) is 3.58. The van der Waals surface area contributed by atoms with Gasteiger partial charge in [-0.25, -0.2) is 0 Å². The summed E-state index contributed by atoms with van der Waals surface area (Å²) in [7, 11) is 4.21. The molecule has 0 radical (unpaired) electrons. The molecule has 0 saturated carbocycles. The van der Waals surface area contributed by atoms with Gasteiger partial charge in [0.15, 0.2) is 12.1 Å². The number of phenols is 1. The molecule has 7 N–H and O–H groups in total. The van der Waals surface area contributed by atoms with E-state index in [4.69, 9.17) is 28.4 Å². The molecule has 0 unspecified atom stereocenters. The smallest absolute Gasteiger partial charge is 0.228 e. The van der Waals surface area contributed by atoms with Gasteiger partial charge in [-0.3, -0.25) is 9.59 Å². The molecule has 7 rings (SSSR count). The Labute approximate surface area is 287 Å². The number of fused-ring (bicyclic) bond motifs is 8.